The fourth-order valence-corrected chi connectivity index (χ4v) is 5.87. The van der Waals surface area contributed by atoms with Crippen LogP contribution in [-0.2, 0) is 0 Å². The van der Waals surface area contributed by atoms with Crippen molar-refractivity contribution in [1.29, 1.82) is 0 Å². The van der Waals surface area contributed by atoms with E-state index < -0.39 is 0 Å². The fraction of sp³-hybridized carbons (Fsp3) is 0. The minimum atomic E-state index is 0.908. The van der Waals surface area contributed by atoms with Crippen LogP contribution in [0.3, 0.4) is 0 Å². The van der Waals surface area contributed by atoms with E-state index >= 15 is 0 Å². The Morgan fingerprint density at radius 2 is 1.10 bits per heavy atom. The molecule has 0 aliphatic carbocycles. The molecule has 6 aromatic carbocycles. The molecule has 2 aromatic heterocycles. The molecule has 1 N–H and O–H groups in total. The fourth-order valence-electron chi connectivity index (χ4n) is 5.87. The molecular weight excluding hydrogens is 476 g/mol. The highest BCUT2D eigenvalue weighted by Gasteiger charge is 2.17. The van der Waals surface area contributed by atoms with Crippen LogP contribution in [0, 0.1) is 0 Å². The lowest BCUT2D eigenvalue weighted by Crippen LogP contribution is -2.09. The van der Waals surface area contributed by atoms with Crippen molar-refractivity contribution in [2.24, 2.45) is 0 Å². The molecule has 8 rings (SSSR count). The molecule has 8 aromatic rings. The summed E-state index contributed by atoms with van der Waals surface area (Å²) in [7, 11) is 0. The third-order valence-corrected chi connectivity index (χ3v) is 7.60. The van der Waals surface area contributed by atoms with Crippen LogP contribution < -0.4 is 4.90 Å². The number of hydrogen-bond donors (Lipinski definition) is 1. The molecule has 0 atom stereocenters. The Morgan fingerprint density at radius 1 is 0.462 bits per heavy atom. The van der Waals surface area contributed by atoms with E-state index in [9.17, 15) is 0 Å². The maximum Gasteiger partial charge on any atom is 0.136 e. The molecule has 0 saturated carbocycles. The normalized spacial score (nSPS) is 11.6. The van der Waals surface area contributed by atoms with Crippen molar-refractivity contribution in [2.75, 3.05) is 4.90 Å². The first kappa shape index (κ1) is 21.8. The van der Waals surface area contributed by atoms with E-state index in [1.54, 1.807) is 0 Å². The van der Waals surface area contributed by atoms with Gasteiger partial charge in [0.05, 0.1) is 5.52 Å². The van der Waals surface area contributed by atoms with Crippen LogP contribution in [0.25, 0.3) is 54.9 Å². The summed E-state index contributed by atoms with van der Waals surface area (Å²) in [4.78, 5) is 6.05. The molecular formula is C36H24N2O. The number of H-pyrrole nitrogens is 1. The smallest absolute Gasteiger partial charge is 0.136 e. The Labute approximate surface area is 225 Å². The summed E-state index contributed by atoms with van der Waals surface area (Å²) in [6.07, 6.45) is 0. The van der Waals surface area contributed by atoms with Crippen LogP contribution in [0.4, 0.5) is 17.1 Å². The highest BCUT2D eigenvalue weighted by Crippen LogP contribution is 2.42. The summed E-state index contributed by atoms with van der Waals surface area (Å²) in [5.41, 5.74) is 9.79. The molecule has 0 amide bonds. The molecule has 184 valence electrons. The zero-order valence-electron chi connectivity index (χ0n) is 21.1. The first-order valence-electron chi connectivity index (χ1n) is 13.2. The monoisotopic (exact) mass is 500 g/mol. The van der Waals surface area contributed by atoms with Crippen molar-refractivity contribution in [1.82, 2.24) is 4.98 Å². The van der Waals surface area contributed by atoms with Gasteiger partial charge in [-0.2, -0.15) is 0 Å². The first-order valence-corrected chi connectivity index (χ1v) is 13.2. The second kappa shape index (κ2) is 8.64. The number of nitrogens with zero attached hydrogens (tertiary/aromatic N) is 1. The van der Waals surface area contributed by atoms with Crippen molar-refractivity contribution < 1.29 is 4.42 Å². The van der Waals surface area contributed by atoms with Gasteiger partial charge in [0.15, 0.2) is 0 Å². The summed E-state index contributed by atoms with van der Waals surface area (Å²) in [5.74, 6) is 0. The summed E-state index contributed by atoms with van der Waals surface area (Å²) in [6.45, 7) is 0. The van der Waals surface area contributed by atoms with Crippen LogP contribution in [0.2, 0.25) is 0 Å². The van der Waals surface area contributed by atoms with Crippen LogP contribution in [0.15, 0.2) is 144 Å². The van der Waals surface area contributed by atoms with E-state index in [2.05, 4.69) is 137 Å². The van der Waals surface area contributed by atoms with Crippen LogP contribution in [0.1, 0.15) is 0 Å². The molecule has 2 heterocycles. The minimum absolute atomic E-state index is 0.908. The Balaban J connectivity index is 1.36. The Morgan fingerprint density at radius 3 is 1.90 bits per heavy atom. The van der Waals surface area contributed by atoms with Crippen LogP contribution >= 0.6 is 0 Å². The molecule has 0 bridgehead atoms. The number of anilines is 3. The summed E-state index contributed by atoms with van der Waals surface area (Å²) < 4.78 is 6.20. The average molecular weight is 501 g/mol. The second-order valence-corrected chi connectivity index (χ2v) is 9.87. The van der Waals surface area contributed by atoms with Crippen molar-refractivity contribution in [2.45, 2.75) is 0 Å². The number of fused-ring (bicyclic) bond motifs is 6. The van der Waals surface area contributed by atoms with Gasteiger partial charge < -0.3 is 14.3 Å². The van der Waals surface area contributed by atoms with E-state index in [0.717, 1.165) is 50.0 Å². The number of nitrogens with one attached hydrogen (secondary N) is 1. The number of benzene rings is 6. The Kier molecular flexibility index (Phi) is 4.82. The molecule has 0 aliphatic rings. The predicted octanol–water partition coefficient (Wildman–Crippen LogP) is 10.4. The lowest BCUT2D eigenvalue weighted by atomic mass is 9.97. The standard InChI is InChI=1S/C36H24N2O/c1-3-11-24(12-4-1)38(25-13-5-2-6-14-25)26-21-22-32-31(23-26)29-18-9-17-28(36(29)37-32)27-16-10-20-34-35(27)30-15-7-8-19-33(30)39-34/h1-23,37H. The number of aromatic nitrogens is 1. The number of para-hydroxylation sites is 4. The number of furan rings is 1. The highest BCUT2D eigenvalue weighted by molar-refractivity contribution is 6.18. The second-order valence-electron chi connectivity index (χ2n) is 9.87. The number of rotatable bonds is 4. The molecule has 3 heteroatoms. The van der Waals surface area contributed by atoms with Gasteiger partial charge in [-0.05, 0) is 60.2 Å². The molecule has 0 spiro atoms. The van der Waals surface area contributed by atoms with Crippen molar-refractivity contribution in [3.05, 3.63) is 140 Å². The lowest BCUT2D eigenvalue weighted by molar-refractivity contribution is 0.669. The number of hydrogen-bond acceptors (Lipinski definition) is 2. The first-order chi connectivity index (χ1) is 19.3. The minimum Gasteiger partial charge on any atom is -0.456 e. The van der Waals surface area contributed by atoms with E-state index in [0.29, 0.717) is 0 Å². The third kappa shape index (κ3) is 3.44. The van der Waals surface area contributed by atoms with Gasteiger partial charge in [-0.1, -0.05) is 84.9 Å². The van der Waals surface area contributed by atoms with E-state index in [1.165, 1.54) is 21.9 Å². The third-order valence-electron chi connectivity index (χ3n) is 7.60. The SMILES string of the molecule is c1ccc(N(c2ccccc2)c2ccc3[nH]c4c(-c5cccc6oc7ccccc7c56)cccc4c3c2)cc1. The zero-order chi connectivity index (χ0) is 25.8. The van der Waals surface area contributed by atoms with Gasteiger partial charge in [-0.3, -0.25) is 0 Å². The maximum atomic E-state index is 6.20. The molecule has 0 unspecified atom stereocenters. The van der Waals surface area contributed by atoms with E-state index in [4.69, 9.17) is 4.42 Å². The molecule has 0 radical (unpaired) electrons. The van der Waals surface area contributed by atoms with Gasteiger partial charge in [0.1, 0.15) is 11.2 Å². The topological polar surface area (TPSA) is 32.2 Å². The van der Waals surface area contributed by atoms with E-state index in [1.807, 2.05) is 12.1 Å². The summed E-state index contributed by atoms with van der Waals surface area (Å²) in [5, 5.41) is 4.69. The molecule has 3 nitrogen and oxygen atoms in total. The van der Waals surface area contributed by atoms with Gasteiger partial charge in [0, 0.05) is 49.7 Å². The van der Waals surface area contributed by atoms with Gasteiger partial charge in [-0.15, -0.1) is 0 Å². The van der Waals surface area contributed by atoms with Crippen molar-refractivity contribution in [3.63, 3.8) is 0 Å². The lowest BCUT2D eigenvalue weighted by Gasteiger charge is -2.25. The summed E-state index contributed by atoms with van der Waals surface area (Å²) in [6, 6.07) is 48.9. The molecule has 0 saturated heterocycles. The Hall–Kier alpha value is -5.28. The highest BCUT2D eigenvalue weighted by atomic mass is 16.3. The summed E-state index contributed by atoms with van der Waals surface area (Å²) >= 11 is 0. The zero-order valence-corrected chi connectivity index (χ0v) is 21.1. The largest absolute Gasteiger partial charge is 0.456 e. The van der Waals surface area contributed by atoms with Gasteiger partial charge >= 0.3 is 0 Å². The van der Waals surface area contributed by atoms with E-state index in [-0.39, 0.29) is 0 Å². The maximum absolute atomic E-state index is 6.20. The van der Waals surface area contributed by atoms with Crippen LogP contribution in [0.5, 0.6) is 0 Å². The molecule has 0 fully saturated rings. The van der Waals surface area contributed by atoms with Gasteiger partial charge in [-0.25, -0.2) is 0 Å². The predicted molar refractivity (Wildman–Crippen MR) is 163 cm³/mol. The molecule has 39 heavy (non-hydrogen) atoms. The van der Waals surface area contributed by atoms with Crippen molar-refractivity contribution in [3.8, 4) is 11.1 Å². The Bertz CT molecular complexity index is 2080. The van der Waals surface area contributed by atoms with Crippen molar-refractivity contribution >= 4 is 60.8 Å². The van der Waals surface area contributed by atoms with Gasteiger partial charge in [0.25, 0.3) is 0 Å². The number of aromatic amines is 1. The van der Waals surface area contributed by atoms with Crippen LogP contribution in [-0.4, -0.2) is 4.98 Å². The van der Waals surface area contributed by atoms with Gasteiger partial charge in [0.2, 0.25) is 0 Å². The quantitative estimate of drug-likeness (QED) is 0.261. The average Bonchev–Trinajstić information content (AvgIpc) is 3.57. The molecule has 0 aliphatic heterocycles.